The minimum atomic E-state index is 0.787. The number of pyridine rings is 2. The number of aryl methyl sites for hydroxylation is 2. The van der Waals surface area contributed by atoms with Crippen LogP contribution in [0.5, 0.6) is 11.5 Å². The average Bonchev–Trinajstić information content (AvgIpc) is 3.26. The molecule has 4 saturated carbocycles. The zero-order valence-electron chi connectivity index (χ0n) is 39.3. The molecule has 4 fully saturated rings. The number of rotatable bonds is 24. The van der Waals surface area contributed by atoms with Gasteiger partial charge in [-0.05, 0) is 186 Å². The molecule has 4 aliphatic carbocycles. The van der Waals surface area contributed by atoms with E-state index in [-0.39, 0.29) is 0 Å². The Morgan fingerprint density at radius 2 is 0.746 bits per heavy atom. The minimum Gasteiger partial charge on any atom is -0.454 e. The van der Waals surface area contributed by atoms with Gasteiger partial charge in [-0.25, -0.2) is 0 Å². The highest BCUT2D eigenvalue weighted by molar-refractivity contribution is 5.36. The number of hydrogen-bond donors (Lipinski definition) is 0. The monoisotopic (exact) mass is 809 g/mol. The predicted octanol–water partition coefficient (Wildman–Crippen LogP) is 17.2. The summed E-state index contributed by atoms with van der Waals surface area (Å²) in [5.74, 6) is 9.41. The number of hydrogen-bond acceptors (Lipinski definition) is 3. The van der Waals surface area contributed by atoms with E-state index in [0.717, 1.165) is 71.7 Å². The minimum absolute atomic E-state index is 0.787. The highest BCUT2D eigenvalue weighted by atomic mass is 16.5. The fraction of sp³-hybridized carbons (Fsp3) is 0.821. The van der Waals surface area contributed by atoms with Gasteiger partial charge in [0.1, 0.15) is 11.5 Å². The maximum absolute atomic E-state index is 6.78. The molecule has 2 aromatic rings. The van der Waals surface area contributed by atoms with Crippen molar-refractivity contribution in [2.75, 3.05) is 0 Å². The average molecular weight is 809 g/mol. The van der Waals surface area contributed by atoms with Crippen molar-refractivity contribution in [3.8, 4) is 11.5 Å². The molecule has 0 bridgehead atoms. The second-order valence-electron chi connectivity index (χ2n) is 21.1. The Bertz CT molecular complexity index is 1310. The molecule has 0 radical (unpaired) electrons. The van der Waals surface area contributed by atoms with E-state index >= 15 is 0 Å². The predicted molar refractivity (Wildman–Crippen MR) is 252 cm³/mol. The molecular weight excluding hydrogens is 717 g/mol. The van der Waals surface area contributed by atoms with Crippen molar-refractivity contribution >= 4 is 0 Å². The van der Waals surface area contributed by atoms with Gasteiger partial charge in [-0.2, -0.15) is 0 Å². The molecule has 0 amide bonds. The van der Waals surface area contributed by atoms with Crippen LogP contribution in [-0.4, -0.2) is 9.97 Å². The van der Waals surface area contributed by atoms with Crippen LogP contribution in [0, 0.1) is 47.3 Å². The van der Waals surface area contributed by atoms with Gasteiger partial charge in [-0.3, -0.25) is 9.97 Å². The van der Waals surface area contributed by atoms with E-state index in [9.17, 15) is 0 Å². The number of nitrogens with zero attached hydrogens (tertiary/aromatic N) is 2. The molecule has 3 nitrogen and oxygen atoms in total. The highest BCUT2D eigenvalue weighted by Gasteiger charge is 2.33. The van der Waals surface area contributed by atoms with Crippen LogP contribution in [-0.2, 0) is 25.7 Å². The molecule has 332 valence electrons. The van der Waals surface area contributed by atoms with Gasteiger partial charge < -0.3 is 4.74 Å². The molecule has 6 rings (SSSR count). The first-order valence-electron chi connectivity index (χ1n) is 26.7. The quantitative estimate of drug-likeness (QED) is 0.0991. The molecule has 2 heterocycles. The summed E-state index contributed by atoms with van der Waals surface area (Å²) in [6.45, 7) is 9.37. The van der Waals surface area contributed by atoms with Crippen LogP contribution in [0.2, 0.25) is 0 Å². The van der Waals surface area contributed by atoms with Crippen LogP contribution in [0.25, 0.3) is 0 Å². The summed E-state index contributed by atoms with van der Waals surface area (Å²) in [5.41, 5.74) is 5.61. The zero-order valence-corrected chi connectivity index (χ0v) is 39.3. The molecule has 59 heavy (non-hydrogen) atoms. The van der Waals surface area contributed by atoms with Gasteiger partial charge in [0.05, 0.1) is 12.4 Å². The van der Waals surface area contributed by atoms with E-state index in [1.807, 2.05) is 12.4 Å². The van der Waals surface area contributed by atoms with Gasteiger partial charge in [0.25, 0.3) is 0 Å². The van der Waals surface area contributed by atoms with Crippen LogP contribution in [0.4, 0.5) is 0 Å². The molecule has 2 aromatic heterocycles. The van der Waals surface area contributed by atoms with Crippen LogP contribution in [0.15, 0.2) is 24.5 Å². The van der Waals surface area contributed by atoms with E-state index in [4.69, 9.17) is 14.7 Å². The molecule has 4 aliphatic rings. The van der Waals surface area contributed by atoms with Crippen molar-refractivity contribution in [3.63, 3.8) is 0 Å². The maximum atomic E-state index is 6.78. The lowest BCUT2D eigenvalue weighted by Gasteiger charge is -2.38. The molecule has 3 heteroatoms. The van der Waals surface area contributed by atoms with Gasteiger partial charge in [-0.15, -0.1) is 0 Å². The molecule has 0 saturated heterocycles. The SMILES string of the molecule is CCCCCCCc1ncc(Oc2cnc(CCCCCCC)c(CC3CCC(C4CCC(CCC)CC4)CC3)c2)cc1CC1CCC(C2CCC(CCC)CC2)CC1. The van der Waals surface area contributed by atoms with Crippen LogP contribution in [0.1, 0.15) is 243 Å². The first kappa shape index (κ1) is 46.6. The topological polar surface area (TPSA) is 35.0 Å². The fourth-order valence-corrected chi connectivity index (χ4v) is 12.9. The Morgan fingerprint density at radius 1 is 0.407 bits per heavy atom. The van der Waals surface area contributed by atoms with Crippen LogP contribution >= 0.6 is 0 Å². The summed E-state index contributed by atoms with van der Waals surface area (Å²) in [5, 5.41) is 0. The zero-order chi connectivity index (χ0) is 41.1. The van der Waals surface area contributed by atoms with Crippen molar-refractivity contribution in [1.29, 1.82) is 0 Å². The van der Waals surface area contributed by atoms with Gasteiger partial charge in [0, 0.05) is 11.4 Å². The molecule has 0 aromatic carbocycles. The van der Waals surface area contributed by atoms with E-state index in [1.165, 1.54) is 228 Å². The standard InChI is InChI=1S/C56H92N2O/c1-5-9-11-13-15-19-55-51(37-45-25-33-49(34-26-45)47-29-21-43(17-7-3)22-30-47)39-53(41-57-55)59-54-40-52(56(58-42-54)20-16-14-12-10-6-2)38-46-27-35-50(36-28-46)48-31-23-44(18-8-4)24-32-48/h39-50H,5-38H2,1-4H3. The van der Waals surface area contributed by atoms with E-state index < -0.39 is 0 Å². The summed E-state index contributed by atoms with van der Waals surface area (Å²) >= 11 is 0. The highest BCUT2D eigenvalue weighted by Crippen LogP contribution is 2.45. The molecule has 0 atom stereocenters. The van der Waals surface area contributed by atoms with Crippen molar-refractivity contribution in [1.82, 2.24) is 9.97 Å². The van der Waals surface area contributed by atoms with Crippen molar-refractivity contribution in [3.05, 3.63) is 47.0 Å². The summed E-state index contributed by atoms with van der Waals surface area (Å²) in [6, 6.07) is 4.79. The number of ether oxygens (including phenoxy) is 1. The Kier molecular flexibility index (Phi) is 20.5. The van der Waals surface area contributed by atoms with Crippen molar-refractivity contribution in [2.45, 2.75) is 246 Å². The Balaban J connectivity index is 1.09. The van der Waals surface area contributed by atoms with Gasteiger partial charge >= 0.3 is 0 Å². The lowest BCUT2D eigenvalue weighted by Crippen LogP contribution is -2.26. The van der Waals surface area contributed by atoms with Gasteiger partial charge in [0.15, 0.2) is 0 Å². The molecule has 0 spiro atoms. The van der Waals surface area contributed by atoms with Crippen molar-refractivity contribution in [2.24, 2.45) is 47.3 Å². The summed E-state index contributed by atoms with van der Waals surface area (Å²) in [4.78, 5) is 10.4. The summed E-state index contributed by atoms with van der Waals surface area (Å²) < 4.78 is 6.78. The fourth-order valence-electron chi connectivity index (χ4n) is 12.9. The first-order chi connectivity index (χ1) is 29.0. The number of unbranched alkanes of at least 4 members (excludes halogenated alkanes) is 8. The third-order valence-corrected chi connectivity index (χ3v) is 16.6. The van der Waals surface area contributed by atoms with E-state index in [1.54, 1.807) is 0 Å². The Labute approximate surface area is 365 Å². The van der Waals surface area contributed by atoms with Gasteiger partial charge in [0.2, 0.25) is 0 Å². The molecular formula is C56H92N2O. The third kappa shape index (κ3) is 15.2. The Hall–Kier alpha value is -1.90. The summed E-state index contributed by atoms with van der Waals surface area (Å²) in [6.07, 6.45) is 50.8. The van der Waals surface area contributed by atoms with Gasteiger partial charge in [-0.1, -0.05) is 130 Å². The second kappa shape index (κ2) is 25.9. The molecule has 0 aliphatic heterocycles. The normalized spacial score (nSPS) is 27.8. The lowest BCUT2D eigenvalue weighted by molar-refractivity contribution is 0.143. The lowest BCUT2D eigenvalue weighted by atomic mass is 9.68. The van der Waals surface area contributed by atoms with E-state index in [0.29, 0.717) is 0 Å². The van der Waals surface area contributed by atoms with Crippen LogP contribution < -0.4 is 4.74 Å². The largest absolute Gasteiger partial charge is 0.454 e. The second-order valence-corrected chi connectivity index (χ2v) is 21.1. The molecule has 0 N–H and O–H groups in total. The van der Waals surface area contributed by atoms with Crippen molar-refractivity contribution < 1.29 is 4.74 Å². The Morgan fingerprint density at radius 3 is 1.08 bits per heavy atom. The molecule has 0 unspecified atom stereocenters. The smallest absolute Gasteiger partial charge is 0.146 e. The number of aromatic nitrogens is 2. The first-order valence-corrected chi connectivity index (χ1v) is 26.7. The third-order valence-electron chi connectivity index (χ3n) is 16.6. The maximum Gasteiger partial charge on any atom is 0.146 e. The van der Waals surface area contributed by atoms with E-state index in [2.05, 4.69) is 39.8 Å². The summed E-state index contributed by atoms with van der Waals surface area (Å²) in [7, 11) is 0. The van der Waals surface area contributed by atoms with Crippen LogP contribution in [0.3, 0.4) is 0 Å².